The topological polar surface area (TPSA) is 32.3 Å². The lowest BCUT2D eigenvalue weighted by Gasteiger charge is -2.16. The van der Waals surface area contributed by atoms with Gasteiger partial charge < -0.3 is 5.32 Å². The van der Waals surface area contributed by atoms with Crippen molar-refractivity contribution in [3.63, 3.8) is 0 Å². The van der Waals surface area contributed by atoms with Crippen molar-refractivity contribution in [2.75, 3.05) is 25.0 Å². The summed E-state index contributed by atoms with van der Waals surface area (Å²) in [5.41, 5.74) is -0.996. The molecule has 0 aromatic heterocycles. The van der Waals surface area contributed by atoms with E-state index in [0.717, 1.165) is 32.0 Å². The monoisotopic (exact) mass is 272 g/mol. The maximum Gasteiger partial charge on any atom is 0.418 e. The number of anilines is 1. The molecule has 1 saturated heterocycles. The number of carbonyl (C=O) groups is 1. The Bertz CT molecular complexity index is 453. The molecule has 0 radical (unpaired) electrons. The smallest absolute Gasteiger partial charge is 0.324 e. The zero-order valence-electron chi connectivity index (χ0n) is 10.3. The molecule has 1 fully saturated rings. The molecule has 0 saturated carbocycles. The summed E-state index contributed by atoms with van der Waals surface area (Å²) in [4.78, 5) is 13.7. The van der Waals surface area contributed by atoms with Gasteiger partial charge in [-0.25, -0.2) is 0 Å². The van der Waals surface area contributed by atoms with Gasteiger partial charge in [0.2, 0.25) is 5.91 Å². The average molecular weight is 272 g/mol. The zero-order chi connectivity index (χ0) is 13.9. The Morgan fingerprint density at radius 1 is 1.21 bits per heavy atom. The zero-order valence-corrected chi connectivity index (χ0v) is 10.3. The quantitative estimate of drug-likeness (QED) is 0.917. The fraction of sp³-hybridized carbons (Fsp3) is 0.462. The molecule has 19 heavy (non-hydrogen) atoms. The molecule has 0 spiro atoms. The molecule has 1 heterocycles. The first-order valence-electron chi connectivity index (χ1n) is 6.15. The summed E-state index contributed by atoms with van der Waals surface area (Å²) in [7, 11) is 0. The number of para-hydroxylation sites is 1. The van der Waals surface area contributed by atoms with E-state index in [2.05, 4.69) is 5.32 Å². The predicted molar refractivity (Wildman–Crippen MR) is 65.7 cm³/mol. The molecular weight excluding hydrogens is 257 g/mol. The molecule has 1 N–H and O–H groups in total. The second-order valence-electron chi connectivity index (χ2n) is 4.57. The second-order valence-corrected chi connectivity index (χ2v) is 4.57. The summed E-state index contributed by atoms with van der Waals surface area (Å²) < 4.78 is 38.2. The first-order valence-corrected chi connectivity index (χ1v) is 6.15. The number of benzene rings is 1. The van der Waals surface area contributed by atoms with Crippen molar-refractivity contribution < 1.29 is 18.0 Å². The highest BCUT2D eigenvalue weighted by Crippen LogP contribution is 2.34. The van der Waals surface area contributed by atoms with Crippen LogP contribution < -0.4 is 5.32 Å². The van der Waals surface area contributed by atoms with Gasteiger partial charge in [-0.1, -0.05) is 12.1 Å². The van der Waals surface area contributed by atoms with E-state index in [4.69, 9.17) is 0 Å². The number of amides is 1. The number of nitrogens with zero attached hydrogens (tertiary/aromatic N) is 1. The van der Waals surface area contributed by atoms with Crippen molar-refractivity contribution in [2.45, 2.75) is 19.0 Å². The van der Waals surface area contributed by atoms with Crippen LogP contribution in [0.4, 0.5) is 18.9 Å². The van der Waals surface area contributed by atoms with Gasteiger partial charge in [0.05, 0.1) is 17.8 Å². The van der Waals surface area contributed by atoms with E-state index >= 15 is 0 Å². The molecule has 6 heteroatoms. The van der Waals surface area contributed by atoms with Crippen LogP contribution in [0.2, 0.25) is 0 Å². The Labute approximate surface area is 109 Å². The fourth-order valence-electron chi connectivity index (χ4n) is 2.17. The lowest BCUT2D eigenvalue weighted by Crippen LogP contribution is -2.31. The normalized spacial score (nSPS) is 16.6. The Hall–Kier alpha value is -1.56. The molecule has 3 nitrogen and oxygen atoms in total. The number of nitrogens with one attached hydrogen (secondary N) is 1. The van der Waals surface area contributed by atoms with Crippen molar-refractivity contribution in [3.05, 3.63) is 29.8 Å². The minimum absolute atomic E-state index is 0.145. The van der Waals surface area contributed by atoms with Crippen LogP contribution in [-0.4, -0.2) is 30.4 Å². The van der Waals surface area contributed by atoms with Crippen LogP contribution in [0, 0.1) is 0 Å². The Kier molecular flexibility index (Phi) is 4.09. The van der Waals surface area contributed by atoms with Crippen molar-refractivity contribution in [1.29, 1.82) is 0 Å². The molecule has 0 unspecified atom stereocenters. The fourth-order valence-corrected chi connectivity index (χ4v) is 2.17. The largest absolute Gasteiger partial charge is 0.418 e. The molecule has 1 aromatic carbocycles. The van der Waals surface area contributed by atoms with Gasteiger partial charge in [0.15, 0.2) is 0 Å². The van der Waals surface area contributed by atoms with Crippen LogP contribution in [0.15, 0.2) is 24.3 Å². The Balaban J connectivity index is 2.04. The van der Waals surface area contributed by atoms with Crippen LogP contribution in [0.5, 0.6) is 0 Å². The van der Waals surface area contributed by atoms with E-state index in [0.29, 0.717) is 0 Å². The van der Waals surface area contributed by atoms with Crippen LogP contribution in [0.1, 0.15) is 18.4 Å². The van der Waals surface area contributed by atoms with Gasteiger partial charge in [0.25, 0.3) is 0 Å². The SMILES string of the molecule is O=C(CN1CCCC1)Nc1ccccc1C(F)(F)F. The standard InChI is InChI=1S/C13H15F3N2O/c14-13(15,16)10-5-1-2-6-11(10)17-12(19)9-18-7-3-4-8-18/h1-2,5-6H,3-4,7-9H2,(H,17,19). The third-order valence-electron chi connectivity index (χ3n) is 3.07. The van der Waals surface area contributed by atoms with Crippen molar-refractivity contribution in [3.8, 4) is 0 Å². The summed E-state index contributed by atoms with van der Waals surface area (Å²) in [5.74, 6) is -0.404. The van der Waals surface area contributed by atoms with E-state index in [1.54, 1.807) is 0 Å². The van der Waals surface area contributed by atoms with E-state index < -0.39 is 17.6 Å². The number of likely N-dealkylation sites (tertiary alicyclic amines) is 1. The number of hydrogen-bond donors (Lipinski definition) is 1. The van der Waals surface area contributed by atoms with E-state index in [1.807, 2.05) is 4.90 Å². The molecule has 1 aliphatic rings. The Morgan fingerprint density at radius 3 is 2.47 bits per heavy atom. The molecule has 1 aromatic rings. The number of alkyl halides is 3. The van der Waals surface area contributed by atoms with E-state index in [1.165, 1.54) is 18.2 Å². The first kappa shape index (κ1) is 13.9. The Morgan fingerprint density at radius 2 is 1.84 bits per heavy atom. The maximum absolute atomic E-state index is 12.7. The highest BCUT2D eigenvalue weighted by atomic mass is 19.4. The van der Waals surface area contributed by atoms with Crippen LogP contribution in [0.25, 0.3) is 0 Å². The van der Waals surface area contributed by atoms with Gasteiger partial charge in [-0.3, -0.25) is 9.69 Å². The number of halogens is 3. The lowest BCUT2D eigenvalue weighted by molar-refractivity contribution is -0.137. The van der Waals surface area contributed by atoms with Gasteiger partial charge in [-0.05, 0) is 38.1 Å². The van der Waals surface area contributed by atoms with Gasteiger partial charge >= 0.3 is 6.18 Å². The average Bonchev–Trinajstić information content (AvgIpc) is 2.81. The minimum Gasteiger partial charge on any atom is -0.324 e. The molecule has 0 atom stereocenters. The molecule has 1 aliphatic heterocycles. The highest BCUT2D eigenvalue weighted by Gasteiger charge is 2.33. The lowest BCUT2D eigenvalue weighted by atomic mass is 10.1. The minimum atomic E-state index is -4.46. The molecular formula is C13H15F3N2O. The second kappa shape index (κ2) is 5.61. The van der Waals surface area contributed by atoms with Crippen molar-refractivity contribution in [2.24, 2.45) is 0 Å². The number of carbonyl (C=O) groups excluding carboxylic acids is 1. The van der Waals surface area contributed by atoms with Crippen molar-refractivity contribution in [1.82, 2.24) is 4.90 Å². The summed E-state index contributed by atoms with van der Waals surface area (Å²) in [6, 6.07) is 5.01. The summed E-state index contributed by atoms with van der Waals surface area (Å²) in [6.45, 7) is 1.80. The van der Waals surface area contributed by atoms with Gasteiger partial charge in [0, 0.05) is 0 Å². The van der Waals surface area contributed by atoms with Crippen LogP contribution >= 0.6 is 0 Å². The van der Waals surface area contributed by atoms with E-state index in [-0.39, 0.29) is 12.2 Å². The van der Waals surface area contributed by atoms with Crippen LogP contribution in [0.3, 0.4) is 0 Å². The van der Waals surface area contributed by atoms with Crippen molar-refractivity contribution >= 4 is 11.6 Å². The number of rotatable bonds is 3. The molecule has 0 bridgehead atoms. The summed E-state index contributed by atoms with van der Waals surface area (Å²) in [5, 5.41) is 2.34. The van der Waals surface area contributed by atoms with Gasteiger partial charge in [-0.2, -0.15) is 13.2 Å². The molecule has 1 amide bonds. The van der Waals surface area contributed by atoms with Gasteiger partial charge in [0.1, 0.15) is 0 Å². The summed E-state index contributed by atoms with van der Waals surface area (Å²) >= 11 is 0. The molecule has 2 rings (SSSR count). The molecule has 104 valence electrons. The highest BCUT2D eigenvalue weighted by molar-refractivity contribution is 5.93. The van der Waals surface area contributed by atoms with Crippen LogP contribution in [-0.2, 0) is 11.0 Å². The summed E-state index contributed by atoms with van der Waals surface area (Å²) in [6.07, 6.45) is -2.39. The third kappa shape index (κ3) is 3.70. The van der Waals surface area contributed by atoms with Gasteiger partial charge in [-0.15, -0.1) is 0 Å². The third-order valence-corrected chi connectivity index (χ3v) is 3.07. The number of hydrogen-bond acceptors (Lipinski definition) is 2. The maximum atomic E-state index is 12.7. The molecule has 0 aliphatic carbocycles. The predicted octanol–water partition coefficient (Wildman–Crippen LogP) is 2.74. The van der Waals surface area contributed by atoms with E-state index in [9.17, 15) is 18.0 Å². The first-order chi connectivity index (χ1) is 8.97.